The van der Waals surface area contributed by atoms with Gasteiger partial charge >= 0.3 is 0 Å². The van der Waals surface area contributed by atoms with Gasteiger partial charge in [0.05, 0.1) is 5.69 Å². The highest BCUT2D eigenvalue weighted by Crippen LogP contribution is 2.28. The van der Waals surface area contributed by atoms with Crippen LogP contribution in [0.2, 0.25) is 0 Å². The molecule has 0 unspecified atom stereocenters. The van der Waals surface area contributed by atoms with Crippen molar-refractivity contribution in [2.45, 2.75) is 59.9 Å². The lowest BCUT2D eigenvalue weighted by molar-refractivity contribution is -0.136. The fraction of sp³-hybridized carbons (Fsp3) is 0.765. The van der Waals surface area contributed by atoms with Crippen LogP contribution in [0.15, 0.2) is 0 Å². The molecule has 2 rings (SSSR count). The molecule has 1 fully saturated rings. The summed E-state index contributed by atoms with van der Waals surface area (Å²) in [6.45, 7) is 10.0. The van der Waals surface area contributed by atoms with Crippen molar-refractivity contribution in [3.05, 3.63) is 17.0 Å². The smallest absolute Gasteiger partial charge is 0.225 e. The van der Waals surface area contributed by atoms with Gasteiger partial charge < -0.3 is 4.90 Å². The van der Waals surface area contributed by atoms with Crippen molar-refractivity contribution in [1.82, 2.24) is 14.7 Å². The quantitative estimate of drug-likeness (QED) is 0.835. The minimum atomic E-state index is 0.251. The lowest BCUT2D eigenvalue weighted by Crippen LogP contribution is -2.37. The Bertz CT molecular complexity index is 498. The summed E-state index contributed by atoms with van der Waals surface area (Å²) in [6.07, 6.45) is 4.55. The number of carbonyl (C=O) groups excluding carboxylic acids is 1. The Morgan fingerprint density at radius 2 is 1.95 bits per heavy atom. The average molecular weight is 291 g/mol. The minimum absolute atomic E-state index is 0.251. The van der Waals surface area contributed by atoms with E-state index in [1.165, 1.54) is 24.1 Å². The second-order valence-corrected chi connectivity index (χ2v) is 6.87. The van der Waals surface area contributed by atoms with Gasteiger partial charge in [-0.05, 0) is 32.6 Å². The van der Waals surface area contributed by atoms with Crippen LogP contribution in [0, 0.1) is 25.7 Å². The van der Waals surface area contributed by atoms with Gasteiger partial charge in [-0.1, -0.05) is 26.7 Å². The maximum Gasteiger partial charge on any atom is 0.225 e. The molecule has 0 spiro atoms. The highest BCUT2D eigenvalue weighted by Gasteiger charge is 2.28. The molecule has 0 bridgehead atoms. The summed E-state index contributed by atoms with van der Waals surface area (Å²) in [5, 5.41) is 4.48. The van der Waals surface area contributed by atoms with E-state index in [2.05, 4.69) is 30.8 Å². The Balaban J connectivity index is 2.17. The highest BCUT2D eigenvalue weighted by molar-refractivity contribution is 5.79. The molecule has 1 heterocycles. The normalized spacial score (nSPS) is 15.9. The first kappa shape index (κ1) is 16.1. The molecule has 118 valence electrons. The summed E-state index contributed by atoms with van der Waals surface area (Å²) >= 11 is 0. The first-order valence-corrected chi connectivity index (χ1v) is 8.18. The van der Waals surface area contributed by atoms with Crippen LogP contribution in [-0.4, -0.2) is 27.1 Å². The van der Waals surface area contributed by atoms with Gasteiger partial charge in [0.15, 0.2) is 0 Å². The van der Waals surface area contributed by atoms with Crippen molar-refractivity contribution in [3.8, 4) is 0 Å². The van der Waals surface area contributed by atoms with E-state index in [1.807, 2.05) is 18.7 Å². The molecular weight excluding hydrogens is 262 g/mol. The fourth-order valence-electron chi connectivity index (χ4n) is 3.34. The molecule has 21 heavy (non-hydrogen) atoms. The maximum absolute atomic E-state index is 12.8. The zero-order chi connectivity index (χ0) is 15.6. The molecule has 4 heteroatoms. The lowest BCUT2D eigenvalue weighted by Gasteiger charge is -2.27. The van der Waals surface area contributed by atoms with Crippen LogP contribution in [0.1, 0.15) is 56.5 Å². The second-order valence-electron chi connectivity index (χ2n) is 6.87. The van der Waals surface area contributed by atoms with Gasteiger partial charge in [0, 0.05) is 37.3 Å². The number of nitrogens with zero attached hydrogens (tertiary/aromatic N) is 3. The number of hydrogen-bond donors (Lipinski definition) is 0. The van der Waals surface area contributed by atoms with Gasteiger partial charge in [0.25, 0.3) is 0 Å². The van der Waals surface area contributed by atoms with E-state index in [-0.39, 0.29) is 5.92 Å². The van der Waals surface area contributed by atoms with Crippen LogP contribution in [0.4, 0.5) is 0 Å². The number of aryl methyl sites for hydroxylation is 2. The highest BCUT2D eigenvalue weighted by atomic mass is 16.2. The number of rotatable bonds is 5. The third-order valence-electron chi connectivity index (χ3n) is 4.61. The molecule has 1 aliphatic rings. The molecule has 1 aromatic rings. The molecular formula is C17H29N3O. The van der Waals surface area contributed by atoms with E-state index < -0.39 is 0 Å². The maximum atomic E-state index is 12.8. The van der Waals surface area contributed by atoms with Crippen molar-refractivity contribution in [1.29, 1.82) is 0 Å². The first-order chi connectivity index (χ1) is 9.90. The van der Waals surface area contributed by atoms with Crippen LogP contribution in [-0.2, 0) is 18.4 Å². The molecule has 1 aromatic heterocycles. The Morgan fingerprint density at radius 1 is 1.33 bits per heavy atom. The van der Waals surface area contributed by atoms with E-state index in [1.54, 1.807) is 0 Å². The molecule has 1 saturated carbocycles. The third-order valence-corrected chi connectivity index (χ3v) is 4.61. The number of amides is 1. The van der Waals surface area contributed by atoms with Crippen LogP contribution in [0.25, 0.3) is 0 Å². The first-order valence-electron chi connectivity index (χ1n) is 8.18. The predicted molar refractivity (Wildman–Crippen MR) is 84.9 cm³/mol. The predicted octanol–water partition coefficient (Wildman–Crippen LogP) is 3.21. The van der Waals surface area contributed by atoms with Crippen molar-refractivity contribution >= 4 is 5.91 Å². The zero-order valence-corrected chi connectivity index (χ0v) is 14.1. The molecule has 0 aromatic carbocycles. The van der Waals surface area contributed by atoms with E-state index in [9.17, 15) is 4.79 Å². The van der Waals surface area contributed by atoms with Crippen LogP contribution >= 0.6 is 0 Å². The SMILES string of the molecule is Cc1nn(C)c(C)c1CN(CC(C)C)C(=O)C1CCCC1. The molecule has 1 amide bonds. The summed E-state index contributed by atoms with van der Waals surface area (Å²) in [6, 6.07) is 0. The molecule has 0 atom stereocenters. The standard InChI is InChI=1S/C17H29N3O/c1-12(2)10-20(17(21)15-8-6-7-9-15)11-16-13(3)18-19(5)14(16)4/h12,15H,6-11H2,1-5H3. The Kier molecular flexibility index (Phi) is 5.07. The van der Waals surface area contributed by atoms with E-state index >= 15 is 0 Å². The fourth-order valence-corrected chi connectivity index (χ4v) is 3.34. The van der Waals surface area contributed by atoms with Crippen LogP contribution in [0.3, 0.4) is 0 Å². The van der Waals surface area contributed by atoms with E-state index in [0.717, 1.165) is 25.1 Å². The van der Waals surface area contributed by atoms with Crippen LogP contribution in [0.5, 0.6) is 0 Å². The summed E-state index contributed by atoms with van der Waals surface area (Å²) < 4.78 is 1.91. The minimum Gasteiger partial charge on any atom is -0.338 e. The zero-order valence-electron chi connectivity index (χ0n) is 14.1. The Labute approximate surface area is 128 Å². The van der Waals surface area contributed by atoms with Crippen molar-refractivity contribution in [2.24, 2.45) is 18.9 Å². The van der Waals surface area contributed by atoms with Gasteiger partial charge in [-0.3, -0.25) is 9.48 Å². The average Bonchev–Trinajstić information content (AvgIpc) is 3.01. The summed E-state index contributed by atoms with van der Waals surface area (Å²) in [4.78, 5) is 14.9. The van der Waals surface area contributed by atoms with Gasteiger partial charge in [-0.25, -0.2) is 0 Å². The van der Waals surface area contributed by atoms with Gasteiger partial charge in [-0.15, -0.1) is 0 Å². The molecule has 4 nitrogen and oxygen atoms in total. The Morgan fingerprint density at radius 3 is 2.43 bits per heavy atom. The number of hydrogen-bond acceptors (Lipinski definition) is 2. The van der Waals surface area contributed by atoms with Gasteiger partial charge in [0.2, 0.25) is 5.91 Å². The third kappa shape index (κ3) is 3.66. The molecule has 1 aliphatic carbocycles. The largest absolute Gasteiger partial charge is 0.338 e. The summed E-state index contributed by atoms with van der Waals surface area (Å²) in [5.41, 5.74) is 3.42. The molecule has 0 aliphatic heterocycles. The monoisotopic (exact) mass is 291 g/mol. The molecule has 0 N–H and O–H groups in total. The number of carbonyl (C=O) groups is 1. The summed E-state index contributed by atoms with van der Waals surface area (Å²) in [7, 11) is 1.97. The van der Waals surface area contributed by atoms with Crippen LogP contribution < -0.4 is 0 Å². The molecule has 0 saturated heterocycles. The second kappa shape index (κ2) is 6.63. The molecule has 0 radical (unpaired) electrons. The van der Waals surface area contributed by atoms with Gasteiger partial charge in [-0.2, -0.15) is 5.10 Å². The van der Waals surface area contributed by atoms with Crippen molar-refractivity contribution < 1.29 is 4.79 Å². The summed E-state index contributed by atoms with van der Waals surface area (Å²) in [5.74, 6) is 1.09. The number of aromatic nitrogens is 2. The lowest BCUT2D eigenvalue weighted by atomic mass is 10.0. The van der Waals surface area contributed by atoms with Crippen molar-refractivity contribution in [2.75, 3.05) is 6.54 Å². The van der Waals surface area contributed by atoms with Gasteiger partial charge in [0.1, 0.15) is 0 Å². The van der Waals surface area contributed by atoms with E-state index in [4.69, 9.17) is 0 Å². The topological polar surface area (TPSA) is 38.1 Å². The van der Waals surface area contributed by atoms with Crippen molar-refractivity contribution in [3.63, 3.8) is 0 Å². The van der Waals surface area contributed by atoms with E-state index in [0.29, 0.717) is 18.4 Å². The Hall–Kier alpha value is -1.32.